The first-order valence-electron chi connectivity index (χ1n) is 6.28. The molecule has 19 heavy (non-hydrogen) atoms. The van der Waals surface area contributed by atoms with E-state index in [2.05, 4.69) is 20.7 Å². The molecule has 1 rings (SSSR count). The van der Waals surface area contributed by atoms with Gasteiger partial charge in [0.2, 0.25) is 10.0 Å². The Bertz CT molecular complexity index is 378. The highest BCUT2D eigenvalue weighted by atomic mass is 79.9. The molecule has 0 bridgehead atoms. The summed E-state index contributed by atoms with van der Waals surface area (Å²) in [5, 5.41) is 0.713. The van der Waals surface area contributed by atoms with E-state index in [9.17, 15) is 21.6 Å². The summed E-state index contributed by atoms with van der Waals surface area (Å²) < 4.78 is 61.6. The first-order chi connectivity index (χ1) is 8.68. The minimum atomic E-state index is -4.29. The van der Waals surface area contributed by atoms with Gasteiger partial charge in [-0.3, -0.25) is 0 Å². The summed E-state index contributed by atoms with van der Waals surface area (Å²) in [6.45, 7) is 0.312. The fourth-order valence-electron chi connectivity index (χ4n) is 2.28. The minimum absolute atomic E-state index is 0.0723. The van der Waals surface area contributed by atoms with Crippen molar-refractivity contribution in [3.8, 4) is 0 Å². The summed E-state index contributed by atoms with van der Waals surface area (Å²) in [6, 6.07) is 0. The molecule has 8 heteroatoms. The van der Waals surface area contributed by atoms with Gasteiger partial charge in [0.15, 0.2) is 0 Å². The van der Waals surface area contributed by atoms with Crippen molar-refractivity contribution in [1.29, 1.82) is 0 Å². The van der Waals surface area contributed by atoms with Crippen molar-refractivity contribution in [3.63, 3.8) is 0 Å². The van der Waals surface area contributed by atoms with E-state index >= 15 is 0 Å². The van der Waals surface area contributed by atoms with Crippen molar-refractivity contribution >= 4 is 26.0 Å². The zero-order valence-electron chi connectivity index (χ0n) is 10.6. The third kappa shape index (κ3) is 6.44. The molecule has 1 saturated carbocycles. The number of hydrogen-bond donors (Lipinski definition) is 1. The summed E-state index contributed by atoms with van der Waals surface area (Å²) in [4.78, 5) is 0. The second-order valence-electron chi connectivity index (χ2n) is 5.20. The van der Waals surface area contributed by atoms with E-state index in [0.29, 0.717) is 11.9 Å². The summed E-state index contributed by atoms with van der Waals surface area (Å²) in [5.41, 5.74) is -0.0723. The van der Waals surface area contributed by atoms with Gasteiger partial charge in [-0.1, -0.05) is 28.8 Å². The van der Waals surface area contributed by atoms with Gasteiger partial charge in [0.1, 0.15) is 0 Å². The third-order valence-electron chi connectivity index (χ3n) is 3.49. The summed E-state index contributed by atoms with van der Waals surface area (Å²) in [5.74, 6) is -0.467. The maximum atomic E-state index is 12.0. The summed E-state index contributed by atoms with van der Waals surface area (Å²) >= 11 is 3.40. The number of halogens is 4. The summed E-state index contributed by atoms with van der Waals surface area (Å²) in [6.07, 6.45) is -1.70. The molecule has 0 aromatic rings. The predicted octanol–water partition coefficient (Wildman–Crippen LogP) is 3.20. The van der Waals surface area contributed by atoms with Crippen molar-refractivity contribution in [2.45, 2.75) is 44.7 Å². The van der Waals surface area contributed by atoms with Gasteiger partial charge >= 0.3 is 6.18 Å². The molecule has 1 aliphatic rings. The molecule has 0 saturated heterocycles. The SMILES string of the molecule is O=S(=O)(CCCC(F)(F)F)NCC1(CBr)CCCC1. The van der Waals surface area contributed by atoms with Crippen molar-refractivity contribution in [2.75, 3.05) is 17.6 Å². The van der Waals surface area contributed by atoms with Crippen LogP contribution in [0, 0.1) is 5.41 Å². The van der Waals surface area contributed by atoms with Crippen molar-refractivity contribution < 1.29 is 21.6 Å². The second kappa shape index (κ2) is 6.76. The van der Waals surface area contributed by atoms with Crippen LogP contribution in [0.5, 0.6) is 0 Å². The Morgan fingerprint density at radius 2 is 1.79 bits per heavy atom. The van der Waals surface area contributed by atoms with Gasteiger partial charge in [-0.15, -0.1) is 0 Å². The molecule has 0 aliphatic heterocycles. The smallest absolute Gasteiger partial charge is 0.215 e. The highest BCUT2D eigenvalue weighted by Crippen LogP contribution is 2.39. The average Bonchev–Trinajstić information content (AvgIpc) is 2.74. The average molecular weight is 366 g/mol. The standard InChI is InChI=1S/C11H19BrF3NO2S/c12-8-10(4-1-2-5-10)9-16-19(17,18)7-3-6-11(13,14)15/h16H,1-9H2. The van der Waals surface area contributed by atoms with Gasteiger partial charge in [0.25, 0.3) is 0 Å². The quantitative estimate of drug-likeness (QED) is 0.704. The van der Waals surface area contributed by atoms with E-state index in [-0.39, 0.29) is 11.8 Å². The van der Waals surface area contributed by atoms with Crippen LogP contribution in [0.15, 0.2) is 0 Å². The summed E-state index contributed by atoms with van der Waals surface area (Å²) in [7, 11) is -3.61. The molecule has 0 atom stereocenters. The zero-order chi connectivity index (χ0) is 14.6. The fourth-order valence-corrected chi connectivity index (χ4v) is 4.23. The van der Waals surface area contributed by atoms with Gasteiger partial charge in [0, 0.05) is 18.3 Å². The van der Waals surface area contributed by atoms with Gasteiger partial charge in [-0.05, 0) is 24.7 Å². The molecule has 3 nitrogen and oxygen atoms in total. The van der Waals surface area contributed by atoms with Crippen LogP contribution < -0.4 is 4.72 Å². The second-order valence-corrected chi connectivity index (χ2v) is 7.69. The lowest BCUT2D eigenvalue weighted by Gasteiger charge is -2.26. The van der Waals surface area contributed by atoms with E-state index in [4.69, 9.17) is 0 Å². The van der Waals surface area contributed by atoms with Gasteiger partial charge in [-0.2, -0.15) is 13.2 Å². The van der Waals surface area contributed by atoms with E-state index < -0.39 is 28.4 Å². The lowest BCUT2D eigenvalue weighted by atomic mass is 9.89. The van der Waals surface area contributed by atoms with Crippen LogP contribution in [0.3, 0.4) is 0 Å². The Kier molecular flexibility index (Phi) is 6.13. The molecule has 0 spiro atoms. The number of alkyl halides is 4. The van der Waals surface area contributed by atoms with Crippen molar-refractivity contribution in [1.82, 2.24) is 4.72 Å². The van der Waals surface area contributed by atoms with E-state index in [1.807, 2.05) is 0 Å². The monoisotopic (exact) mass is 365 g/mol. The van der Waals surface area contributed by atoms with Crippen LogP contribution in [0.1, 0.15) is 38.5 Å². The molecule has 0 heterocycles. The Balaban J connectivity index is 2.38. The Morgan fingerprint density at radius 1 is 1.21 bits per heavy atom. The van der Waals surface area contributed by atoms with Crippen LogP contribution in [0.25, 0.3) is 0 Å². The van der Waals surface area contributed by atoms with Crippen LogP contribution in [-0.4, -0.2) is 32.2 Å². The van der Waals surface area contributed by atoms with E-state index in [1.165, 1.54) is 0 Å². The molecule has 0 amide bonds. The Labute approximate surface area is 120 Å². The lowest BCUT2D eigenvalue weighted by molar-refractivity contribution is -0.134. The fraction of sp³-hybridized carbons (Fsp3) is 1.00. The molecule has 1 aliphatic carbocycles. The Hall–Kier alpha value is 0.180. The highest BCUT2D eigenvalue weighted by Gasteiger charge is 2.34. The molecule has 0 aromatic carbocycles. The number of sulfonamides is 1. The van der Waals surface area contributed by atoms with E-state index in [1.54, 1.807) is 0 Å². The molecule has 0 aromatic heterocycles. The van der Waals surface area contributed by atoms with Gasteiger partial charge in [0.05, 0.1) is 5.75 Å². The van der Waals surface area contributed by atoms with Crippen molar-refractivity contribution in [2.24, 2.45) is 5.41 Å². The predicted molar refractivity (Wildman–Crippen MR) is 71.8 cm³/mol. The van der Waals surface area contributed by atoms with Crippen LogP contribution in [0.4, 0.5) is 13.2 Å². The lowest BCUT2D eigenvalue weighted by Crippen LogP contribution is -2.38. The zero-order valence-corrected chi connectivity index (χ0v) is 13.0. The molecular weight excluding hydrogens is 347 g/mol. The molecule has 1 N–H and O–H groups in total. The van der Waals surface area contributed by atoms with Crippen LogP contribution >= 0.6 is 15.9 Å². The molecule has 0 unspecified atom stereocenters. The number of hydrogen-bond acceptors (Lipinski definition) is 2. The van der Waals surface area contributed by atoms with E-state index in [0.717, 1.165) is 25.7 Å². The number of rotatable bonds is 7. The molecule has 0 radical (unpaired) electrons. The maximum absolute atomic E-state index is 12.0. The highest BCUT2D eigenvalue weighted by molar-refractivity contribution is 9.09. The molecule has 114 valence electrons. The van der Waals surface area contributed by atoms with Crippen LogP contribution in [-0.2, 0) is 10.0 Å². The number of nitrogens with one attached hydrogen (secondary N) is 1. The first-order valence-corrected chi connectivity index (χ1v) is 9.06. The topological polar surface area (TPSA) is 46.2 Å². The maximum Gasteiger partial charge on any atom is 0.389 e. The first kappa shape index (κ1) is 17.2. The molecular formula is C11H19BrF3NO2S. The Morgan fingerprint density at radius 3 is 2.26 bits per heavy atom. The van der Waals surface area contributed by atoms with Gasteiger partial charge < -0.3 is 0 Å². The van der Waals surface area contributed by atoms with Crippen LogP contribution in [0.2, 0.25) is 0 Å². The van der Waals surface area contributed by atoms with Gasteiger partial charge in [-0.25, -0.2) is 13.1 Å². The minimum Gasteiger partial charge on any atom is -0.215 e. The third-order valence-corrected chi connectivity index (χ3v) is 6.09. The largest absolute Gasteiger partial charge is 0.389 e. The normalized spacial score (nSPS) is 19.8. The molecule has 1 fully saturated rings. The van der Waals surface area contributed by atoms with Crippen molar-refractivity contribution in [3.05, 3.63) is 0 Å².